The van der Waals surface area contributed by atoms with Crippen molar-refractivity contribution < 1.29 is 14.6 Å². The highest BCUT2D eigenvalue weighted by atomic mass is 32.2. The van der Waals surface area contributed by atoms with Gasteiger partial charge in [-0.15, -0.1) is 0 Å². The van der Waals surface area contributed by atoms with Gasteiger partial charge in [0, 0.05) is 36.1 Å². The molecule has 0 radical (unpaired) electrons. The van der Waals surface area contributed by atoms with E-state index in [4.69, 9.17) is 4.74 Å². The van der Waals surface area contributed by atoms with Gasteiger partial charge >= 0.3 is 6.03 Å². The van der Waals surface area contributed by atoms with Gasteiger partial charge in [0.05, 0.1) is 5.69 Å². The highest BCUT2D eigenvalue weighted by molar-refractivity contribution is 7.99. The van der Waals surface area contributed by atoms with Gasteiger partial charge in [0.1, 0.15) is 16.5 Å². The third kappa shape index (κ3) is 6.23. The first kappa shape index (κ1) is 23.1. The molecule has 0 spiro atoms. The molecular formula is C25H23N5O3S. The van der Waals surface area contributed by atoms with Crippen LogP contribution in [-0.2, 0) is 13.0 Å². The van der Waals surface area contributed by atoms with Crippen LogP contribution < -0.4 is 15.4 Å². The first-order valence-corrected chi connectivity index (χ1v) is 11.5. The van der Waals surface area contributed by atoms with Crippen LogP contribution in [0.3, 0.4) is 0 Å². The fraction of sp³-hybridized carbons (Fsp3) is 0.120. The predicted molar refractivity (Wildman–Crippen MR) is 130 cm³/mol. The Morgan fingerprint density at radius 3 is 2.68 bits per heavy atom. The summed E-state index contributed by atoms with van der Waals surface area (Å²) in [6, 6.07) is 17.3. The number of phenolic OH excluding ortho intramolecular Hbond substituents is 1. The lowest BCUT2D eigenvalue weighted by Gasteiger charge is -2.15. The van der Waals surface area contributed by atoms with Crippen molar-refractivity contribution in [3.05, 3.63) is 90.5 Å². The van der Waals surface area contributed by atoms with Crippen LogP contribution in [0.1, 0.15) is 18.2 Å². The van der Waals surface area contributed by atoms with E-state index in [0.29, 0.717) is 17.9 Å². The molecular weight excluding hydrogens is 450 g/mol. The van der Waals surface area contributed by atoms with Crippen molar-refractivity contribution in [3.63, 3.8) is 0 Å². The molecule has 0 unspecified atom stereocenters. The summed E-state index contributed by atoms with van der Waals surface area (Å²) in [4.78, 5) is 26.5. The highest BCUT2D eigenvalue weighted by Gasteiger charge is 2.14. The fourth-order valence-electron chi connectivity index (χ4n) is 3.08. The maximum atomic E-state index is 12.6. The lowest BCUT2D eigenvalue weighted by molar-refractivity contribution is 0.251. The number of aromatic nitrogens is 3. The van der Waals surface area contributed by atoms with Gasteiger partial charge < -0.3 is 15.2 Å². The number of anilines is 1. The standard InChI is InChI=1S/C25H23N5O3S/c1-2-20-21(9-6-12-26-20)33-22-14-19(34-23-10-3-4-11-27-23)16-28-24(22)30-25(32)29-15-17-7-5-8-18(31)13-17/h3-14,16,31H,2,15H2,1H3,(H2,28,29,30,32). The first-order valence-electron chi connectivity index (χ1n) is 10.6. The van der Waals surface area contributed by atoms with E-state index in [1.54, 1.807) is 42.9 Å². The molecule has 9 heteroatoms. The number of amides is 2. The van der Waals surface area contributed by atoms with E-state index in [0.717, 1.165) is 21.2 Å². The second-order valence-corrected chi connectivity index (χ2v) is 8.26. The van der Waals surface area contributed by atoms with Gasteiger partial charge in [-0.1, -0.05) is 36.9 Å². The normalized spacial score (nSPS) is 10.5. The van der Waals surface area contributed by atoms with Gasteiger partial charge in [0.15, 0.2) is 11.6 Å². The number of ether oxygens (including phenoxy) is 1. The molecule has 0 saturated heterocycles. The van der Waals surface area contributed by atoms with E-state index in [2.05, 4.69) is 25.6 Å². The molecule has 1 aromatic carbocycles. The number of phenols is 1. The number of benzene rings is 1. The van der Waals surface area contributed by atoms with Crippen molar-refractivity contribution >= 4 is 23.6 Å². The van der Waals surface area contributed by atoms with Crippen LogP contribution in [0.5, 0.6) is 17.2 Å². The van der Waals surface area contributed by atoms with Crippen LogP contribution in [0.15, 0.2) is 89.2 Å². The van der Waals surface area contributed by atoms with Crippen LogP contribution in [0.2, 0.25) is 0 Å². The van der Waals surface area contributed by atoms with Gasteiger partial charge in [-0.05, 0) is 48.4 Å². The number of nitrogens with zero attached hydrogens (tertiary/aromatic N) is 3. The molecule has 0 aliphatic heterocycles. The van der Waals surface area contributed by atoms with Crippen molar-refractivity contribution in [1.82, 2.24) is 20.3 Å². The number of aryl methyl sites for hydroxylation is 1. The number of hydrogen-bond donors (Lipinski definition) is 3. The molecule has 3 aromatic heterocycles. The first-order chi connectivity index (χ1) is 16.6. The third-order valence-electron chi connectivity index (χ3n) is 4.69. The van der Waals surface area contributed by atoms with E-state index >= 15 is 0 Å². The Kier molecular flexibility index (Phi) is 7.56. The Labute approximate surface area is 201 Å². The molecule has 0 aliphatic carbocycles. The van der Waals surface area contributed by atoms with Crippen LogP contribution in [0, 0.1) is 0 Å². The summed E-state index contributed by atoms with van der Waals surface area (Å²) in [6.45, 7) is 2.24. The van der Waals surface area contributed by atoms with E-state index in [1.807, 2.05) is 43.3 Å². The van der Waals surface area contributed by atoms with E-state index in [9.17, 15) is 9.90 Å². The number of urea groups is 1. The lowest BCUT2D eigenvalue weighted by Crippen LogP contribution is -2.28. The number of carbonyl (C=O) groups is 1. The molecule has 4 aromatic rings. The number of nitrogens with one attached hydrogen (secondary N) is 2. The Bertz CT molecular complexity index is 1270. The molecule has 0 atom stereocenters. The Morgan fingerprint density at radius 1 is 1.00 bits per heavy atom. The molecule has 3 N–H and O–H groups in total. The van der Waals surface area contributed by atoms with Crippen LogP contribution in [0.25, 0.3) is 0 Å². The van der Waals surface area contributed by atoms with Gasteiger partial charge in [-0.3, -0.25) is 10.3 Å². The van der Waals surface area contributed by atoms with E-state index < -0.39 is 6.03 Å². The summed E-state index contributed by atoms with van der Waals surface area (Å²) in [7, 11) is 0. The molecule has 0 aliphatic rings. The zero-order valence-electron chi connectivity index (χ0n) is 18.4. The Hall–Kier alpha value is -4.11. The summed E-state index contributed by atoms with van der Waals surface area (Å²) in [5, 5.41) is 15.9. The third-order valence-corrected chi connectivity index (χ3v) is 5.60. The van der Waals surface area contributed by atoms with Crippen LogP contribution in [-0.4, -0.2) is 26.1 Å². The van der Waals surface area contributed by atoms with Crippen molar-refractivity contribution in [2.75, 3.05) is 5.32 Å². The van der Waals surface area contributed by atoms with Gasteiger partial charge in [-0.2, -0.15) is 0 Å². The lowest BCUT2D eigenvalue weighted by atomic mass is 10.2. The Morgan fingerprint density at radius 2 is 1.88 bits per heavy atom. The topological polar surface area (TPSA) is 109 Å². The van der Waals surface area contributed by atoms with Crippen molar-refractivity contribution in [2.45, 2.75) is 29.8 Å². The number of hydrogen-bond acceptors (Lipinski definition) is 7. The van der Waals surface area contributed by atoms with Crippen molar-refractivity contribution in [3.8, 4) is 17.2 Å². The van der Waals surface area contributed by atoms with Gasteiger partial charge in [-0.25, -0.2) is 14.8 Å². The molecule has 3 heterocycles. The van der Waals surface area contributed by atoms with Crippen LogP contribution >= 0.6 is 11.8 Å². The molecule has 172 valence electrons. The van der Waals surface area contributed by atoms with Crippen LogP contribution in [0.4, 0.5) is 10.6 Å². The molecule has 2 amide bonds. The molecule has 0 saturated carbocycles. The zero-order valence-corrected chi connectivity index (χ0v) is 19.2. The summed E-state index contributed by atoms with van der Waals surface area (Å²) in [5.41, 5.74) is 1.56. The molecule has 8 nitrogen and oxygen atoms in total. The minimum Gasteiger partial charge on any atom is -0.508 e. The van der Waals surface area contributed by atoms with E-state index in [1.165, 1.54) is 11.8 Å². The smallest absolute Gasteiger partial charge is 0.320 e. The summed E-state index contributed by atoms with van der Waals surface area (Å²) in [5.74, 6) is 1.39. The summed E-state index contributed by atoms with van der Waals surface area (Å²) < 4.78 is 6.16. The maximum Gasteiger partial charge on any atom is 0.320 e. The Balaban J connectivity index is 1.55. The second kappa shape index (κ2) is 11.2. The predicted octanol–water partition coefficient (Wildman–Crippen LogP) is 5.40. The highest BCUT2D eigenvalue weighted by Crippen LogP contribution is 2.35. The summed E-state index contributed by atoms with van der Waals surface area (Å²) in [6.07, 6.45) is 5.79. The SMILES string of the molecule is CCc1ncccc1Oc1cc(Sc2ccccn2)cnc1NC(=O)NCc1cccc(O)c1. The quantitative estimate of drug-likeness (QED) is 0.314. The second-order valence-electron chi connectivity index (χ2n) is 7.17. The molecule has 0 bridgehead atoms. The number of rotatable bonds is 8. The average Bonchev–Trinajstić information content (AvgIpc) is 2.85. The van der Waals surface area contributed by atoms with Gasteiger partial charge in [0.2, 0.25) is 0 Å². The van der Waals surface area contributed by atoms with Crippen molar-refractivity contribution in [1.29, 1.82) is 0 Å². The molecule has 4 rings (SSSR count). The zero-order chi connectivity index (χ0) is 23.8. The number of pyridine rings is 3. The minimum absolute atomic E-state index is 0.140. The van der Waals surface area contributed by atoms with Gasteiger partial charge in [0.25, 0.3) is 0 Å². The van der Waals surface area contributed by atoms with E-state index in [-0.39, 0.29) is 18.1 Å². The number of aromatic hydroxyl groups is 1. The summed E-state index contributed by atoms with van der Waals surface area (Å²) >= 11 is 1.44. The fourth-order valence-corrected chi connectivity index (χ4v) is 3.86. The minimum atomic E-state index is -0.451. The number of carbonyl (C=O) groups excluding carboxylic acids is 1. The maximum absolute atomic E-state index is 12.6. The monoisotopic (exact) mass is 473 g/mol. The molecule has 0 fully saturated rings. The largest absolute Gasteiger partial charge is 0.508 e. The van der Waals surface area contributed by atoms with Crippen molar-refractivity contribution in [2.24, 2.45) is 0 Å². The average molecular weight is 474 g/mol. The molecule has 34 heavy (non-hydrogen) atoms.